The van der Waals surface area contributed by atoms with Crippen LogP contribution in [0.15, 0.2) is 48.5 Å². The van der Waals surface area contributed by atoms with Gasteiger partial charge in [0.05, 0.1) is 5.56 Å². The van der Waals surface area contributed by atoms with Gasteiger partial charge in [-0.25, -0.2) is 13.6 Å². The van der Waals surface area contributed by atoms with Crippen LogP contribution < -0.4 is 5.32 Å². The summed E-state index contributed by atoms with van der Waals surface area (Å²) < 4.78 is 27.3. The van der Waals surface area contributed by atoms with E-state index < -0.39 is 5.82 Å². The van der Waals surface area contributed by atoms with Gasteiger partial charge in [0.2, 0.25) is 0 Å². The van der Waals surface area contributed by atoms with E-state index in [1.165, 1.54) is 36.4 Å². The van der Waals surface area contributed by atoms with E-state index in [1.807, 2.05) is 0 Å². The zero-order valence-corrected chi connectivity index (χ0v) is 17.6. The fourth-order valence-electron chi connectivity index (χ4n) is 4.57. The number of benzene rings is 2. The molecule has 1 atom stereocenters. The first-order valence-electron chi connectivity index (χ1n) is 10.4. The molecule has 0 unspecified atom stereocenters. The van der Waals surface area contributed by atoms with E-state index in [2.05, 4.69) is 24.1 Å². The van der Waals surface area contributed by atoms with E-state index in [9.17, 15) is 18.4 Å². The molecular weight excluding hydrogens is 402 g/mol. The quantitative estimate of drug-likeness (QED) is 0.798. The maximum Gasteiger partial charge on any atom is 0.321 e. The third-order valence-electron chi connectivity index (χ3n) is 6.04. The lowest BCUT2D eigenvalue weighted by Crippen LogP contribution is -2.70. The number of nitrogens with zero attached hydrogens (tertiary/aromatic N) is 3. The fourth-order valence-corrected chi connectivity index (χ4v) is 4.57. The molecule has 0 aromatic heterocycles. The minimum absolute atomic E-state index is 0.0628. The predicted octanol–water partition coefficient (Wildman–Crippen LogP) is 3.42. The van der Waals surface area contributed by atoms with Crippen molar-refractivity contribution in [2.45, 2.75) is 25.4 Å². The number of carbonyl (C=O) groups is 2. The fraction of sp³-hybridized carbons (Fsp3) is 0.391. The number of nitrogens with one attached hydrogen (secondary N) is 1. The van der Waals surface area contributed by atoms with E-state index in [1.54, 1.807) is 21.9 Å². The summed E-state index contributed by atoms with van der Waals surface area (Å²) in [6.45, 7) is 6.70. The maximum atomic E-state index is 14.2. The Morgan fingerprint density at radius 1 is 0.968 bits per heavy atom. The monoisotopic (exact) mass is 428 g/mol. The average Bonchev–Trinajstić information content (AvgIpc) is 2.74. The van der Waals surface area contributed by atoms with Gasteiger partial charge in [0.1, 0.15) is 11.6 Å². The highest BCUT2D eigenvalue weighted by Crippen LogP contribution is 2.29. The Kier molecular flexibility index (Phi) is 5.66. The molecule has 0 bridgehead atoms. The van der Waals surface area contributed by atoms with Gasteiger partial charge in [0.25, 0.3) is 5.91 Å². The van der Waals surface area contributed by atoms with Crippen molar-refractivity contribution in [2.24, 2.45) is 0 Å². The molecule has 2 aliphatic heterocycles. The number of anilines is 1. The number of fused-ring (bicyclic) bond motifs is 1. The molecule has 2 aliphatic rings. The molecule has 31 heavy (non-hydrogen) atoms. The minimum Gasteiger partial charge on any atom is -0.335 e. The van der Waals surface area contributed by atoms with E-state index in [-0.39, 0.29) is 34.9 Å². The number of hydrogen-bond acceptors (Lipinski definition) is 3. The maximum absolute atomic E-state index is 14.2. The average molecular weight is 428 g/mol. The smallest absolute Gasteiger partial charge is 0.321 e. The van der Waals surface area contributed by atoms with Crippen LogP contribution in [0.5, 0.6) is 0 Å². The largest absolute Gasteiger partial charge is 0.335 e. The van der Waals surface area contributed by atoms with Crippen LogP contribution in [0, 0.1) is 11.6 Å². The van der Waals surface area contributed by atoms with Gasteiger partial charge in [0.15, 0.2) is 0 Å². The molecule has 2 saturated heterocycles. The molecule has 8 heteroatoms. The van der Waals surface area contributed by atoms with Crippen molar-refractivity contribution in [2.75, 3.05) is 38.0 Å². The van der Waals surface area contributed by atoms with Crippen molar-refractivity contribution in [1.29, 1.82) is 0 Å². The molecule has 2 heterocycles. The van der Waals surface area contributed by atoms with Crippen molar-refractivity contribution >= 4 is 17.6 Å². The molecule has 2 fully saturated rings. The van der Waals surface area contributed by atoms with Crippen molar-refractivity contribution in [3.63, 3.8) is 0 Å². The number of amides is 3. The van der Waals surface area contributed by atoms with Crippen LogP contribution in [0.1, 0.15) is 24.2 Å². The molecule has 0 radical (unpaired) electrons. The van der Waals surface area contributed by atoms with Gasteiger partial charge in [-0.3, -0.25) is 9.69 Å². The van der Waals surface area contributed by atoms with Gasteiger partial charge >= 0.3 is 6.03 Å². The first-order chi connectivity index (χ1) is 14.7. The lowest BCUT2D eigenvalue weighted by atomic mass is 9.92. The summed E-state index contributed by atoms with van der Waals surface area (Å²) in [6, 6.07) is 11.3. The van der Waals surface area contributed by atoms with Crippen LogP contribution in [-0.4, -0.2) is 70.9 Å². The minimum atomic E-state index is -0.531. The van der Waals surface area contributed by atoms with Gasteiger partial charge in [-0.1, -0.05) is 12.1 Å². The predicted molar refractivity (Wildman–Crippen MR) is 114 cm³/mol. The highest BCUT2D eigenvalue weighted by molar-refractivity contribution is 5.94. The standard InChI is InChI=1S/C23H26F2N4O2/c1-23(2)15-28(21(30)19-5-3-4-6-20(19)25)14-18-13-27(11-12-29(18)23)22(31)26-17-9-7-16(24)8-10-17/h3-10,18H,11-15H2,1-2H3,(H,26,31)/t18-/m0/s1. The van der Waals surface area contributed by atoms with Crippen molar-refractivity contribution in [3.8, 4) is 0 Å². The Morgan fingerprint density at radius 3 is 2.35 bits per heavy atom. The normalized spacial score (nSPS) is 20.8. The molecule has 6 nitrogen and oxygen atoms in total. The molecule has 0 aliphatic carbocycles. The van der Waals surface area contributed by atoms with Crippen LogP contribution in [0.25, 0.3) is 0 Å². The number of urea groups is 1. The molecule has 2 aromatic carbocycles. The molecule has 1 N–H and O–H groups in total. The molecule has 0 saturated carbocycles. The number of rotatable bonds is 2. The second-order valence-electron chi connectivity index (χ2n) is 8.71. The van der Waals surface area contributed by atoms with E-state index in [0.29, 0.717) is 38.4 Å². The summed E-state index contributed by atoms with van der Waals surface area (Å²) in [6.07, 6.45) is 0. The third kappa shape index (κ3) is 4.39. The van der Waals surface area contributed by atoms with Crippen molar-refractivity contribution < 1.29 is 18.4 Å². The Balaban J connectivity index is 1.47. The summed E-state index contributed by atoms with van der Waals surface area (Å²) in [5.41, 5.74) is 0.284. The van der Waals surface area contributed by atoms with Crippen LogP contribution in [0.2, 0.25) is 0 Å². The van der Waals surface area contributed by atoms with Crippen LogP contribution >= 0.6 is 0 Å². The molecule has 2 aromatic rings. The Bertz CT molecular complexity index is 980. The summed E-state index contributed by atoms with van der Waals surface area (Å²) in [5, 5.41) is 2.79. The van der Waals surface area contributed by atoms with Crippen LogP contribution in [0.3, 0.4) is 0 Å². The third-order valence-corrected chi connectivity index (χ3v) is 6.04. The second kappa shape index (κ2) is 8.26. The highest BCUT2D eigenvalue weighted by Gasteiger charge is 2.44. The molecule has 3 amide bonds. The Labute approximate surface area is 180 Å². The van der Waals surface area contributed by atoms with Crippen molar-refractivity contribution in [1.82, 2.24) is 14.7 Å². The van der Waals surface area contributed by atoms with E-state index in [4.69, 9.17) is 0 Å². The topological polar surface area (TPSA) is 55.9 Å². The number of carbonyl (C=O) groups excluding carboxylic acids is 2. The van der Waals surface area contributed by atoms with Gasteiger partial charge in [0, 0.05) is 50.0 Å². The van der Waals surface area contributed by atoms with Crippen LogP contribution in [0.4, 0.5) is 19.3 Å². The second-order valence-corrected chi connectivity index (χ2v) is 8.71. The summed E-state index contributed by atoms with van der Waals surface area (Å²) >= 11 is 0. The lowest BCUT2D eigenvalue weighted by molar-refractivity contribution is -0.0473. The first-order valence-corrected chi connectivity index (χ1v) is 10.4. The van der Waals surface area contributed by atoms with Crippen molar-refractivity contribution in [3.05, 3.63) is 65.7 Å². The van der Waals surface area contributed by atoms with E-state index >= 15 is 0 Å². The van der Waals surface area contributed by atoms with Gasteiger partial charge in [-0.15, -0.1) is 0 Å². The van der Waals surface area contributed by atoms with Crippen LogP contribution in [-0.2, 0) is 0 Å². The molecule has 0 spiro atoms. The Hall–Kier alpha value is -3.00. The summed E-state index contributed by atoms with van der Waals surface area (Å²) in [7, 11) is 0. The van der Waals surface area contributed by atoms with Gasteiger partial charge < -0.3 is 15.1 Å². The molecular formula is C23H26F2N4O2. The van der Waals surface area contributed by atoms with Gasteiger partial charge in [-0.05, 0) is 50.2 Å². The number of halogens is 2. The number of hydrogen-bond donors (Lipinski definition) is 1. The zero-order valence-electron chi connectivity index (χ0n) is 17.6. The number of piperazine rings is 2. The highest BCUT2D eigenvalue weighted by atomic mass is 19.1. The molecule has 4 rings (SSSR count). The summed E-state index contributed by atoms with van der Waals surface area (Å²) in [4.78, 5) is 31.5. The SMILES string of the molecule is CC1(C)CN(C(=O)c2ccccc2F)C[C@@H]2CN(C(=O)Nc3ccc(F)cc3)CCN21. The van der Waals surface area contributed by atoms with E-state index in [0.717, 1.165) is 0 Å². The first kappa shape index (κ1) is 21.2. The molecule has 164 valence electrons. The zero-order chi connectivity index (χ0) is 22.2. The summed E-state index contributed by atoms with van der Waals surface area (Å²) in [5.74, 6) is -1.23. The lowest BCUT2D eigenvalue weighted by Gasteiger charge is -2.55. The van der Waals surface area contributed by atoms with Gasteiger partial charge in [-0.2, -0.15) is 0 Å². The Morgan fingerprint density at radius 2 is 1.65 bits per heavy atom.